The minimum absolute atomic E-state index is 0.395. The molecule has 1 atom stereocenters. The average Bonchev–Trinajstić information content (AvgIpc) is 3.18. The molecule has 0 aliphatic carbocycles. The molecule has 0 bridgehead atoms. The third-order valence-electron chi connectivity index (χ3n) is 4.27. The predicted molar refractivity (Wildman–Crippen MR) is 87.4 cm³/mol. The summed E-state index contributed by atoms with van der Waals surface area (Å²) < 4.78 is 5.47. The van der Waals surface area contributed by atoms with Crippen molar-refractivity contribution >= 4 is 0 Å². The van der Waals surface area contributed by atoms with E-state index in [1.165, 1.54) is 12.0 Å². The second-order valence-electron chi connectivity index (χ2n) is 6.33. The fourth-order valence-electron chi connectivity index (χ4n) is 3.26. The van der Waals surface area contributed by atoms with Crippen molar-refractivity contribution in [2.24, 2.45) is 5.92 Å². The van der Waals surface area contributed by atoms with Crippen LogP contribution in [0.1, 0.15) is 23.5 Å². The Balaban J connectivity index is 1.45. The molecule has 0 saturated carbocycles. The second kappa shape index (κ2) is 7.40. The minimum atomic E-state index is 0.395. The molecule has 1 aliphatic rings. The summed E-state index contributed by atoms with van der Waals surface area (Å²) in [6.45, 7) is 5.00. The van der Waals surface area contributed by atoms with Crippen LogP contribution in [0.2, 0.25) is 0 Å². The zero-order valence-corrected chi connectivity index (χ0v) is 13.5. The van der Waals surface area contributed by atoms with E-state index in [9.17, 15) is 0 Å². The van der Waals surface area contributed by atoms with Crippen LogP contribution in [-0.4, -0.2) is 41.5 Å². The van der Waals surface area contributed by atoms with Crippen molar-refractivity contribution in [3.8, 4) is 6.07 Å². The van der Waals surface area contributed by atoms with Gasteiger partial charge in [0.2, 0.25) is 5.76 Å². The number of aromatic nitrogens is 1. The number of hydrogen-bond acceptors (Lipinski definition) is 5. The molecule has 1 aliphatic heterocycles. The highest BCUT2D eigenvalue weighted by Crippen LogP contribution is 2.20. The van der Waals surface area contributed by atoms with Crippen LogP contribution in [0, 0.1) is 17.2 Å². The van der Waals surface area contributed by atoms with E-state index >= 15 is 0 Å². The number of nitrogens with zero attached hydrogens (tertiary/aromatic N) is 4. The van der Waals surface area contributed by atoms with Gasteiger partial charge in [-0.2, -0.15) is 5.26 Å². The lowest BCUT2D eigenvalue weighted by Crippen LogP contribution is -2.28. The summed E-state index contributed by atoms with van der Waals surface area (Å²) in [6, 6.07) is 9.78. The average molecular weight is 310 g/mol. The van der Waals surface area contributed by atoms with Gasteiger partial charge in [0, 0.05) is 32.0 Å². The van der Waals surface area contributed by atoms with Crippen molar-refractivity contribution < 1.29 is 4.42 Å². The molecular weight excluding hydrogens is 288 g/mol. The molecule has 5 nitrogen and oxygen atoms in total. The number of pyridine rings is 1. The fraction of sp³-hybridized carbons (Fsp3) is 0.444. The van der Waals surface area contributed by atoms with E-state index in [0.717, 1.165) is 38.5 Å². The highest BCUT2D eigenvalue weighted by molar-refractivity contribution is 5.19. The Hall–Kier alpha value is -2.16. The van der Waals surface area contributed by atoms with Gasteiger partial charge in [-0.3, -0.25) is 9.88 Å². The first-order valence-corrected chi connectivity index (χ1v) is 8.01. The van der Waals surface area contributed by atoms with Crippen LogP contribution >= 0.6 is 0 Å². The van der Waals surface area contributed by atoms with Crippen LogP contribution in [-0.2, 0) is 13.1 Å². The maximum atomic E-state index is 8.81. The van der Waals surface area contributed by atoms with Gasteiger partial charge >= 0.3 is 0 Å². The van der Waals surface area contributed by atoms with Crippen molar-refractivity contribution in [2.45, 2.75) is 19.5 Å². The first-order chi connectivity index (χ1) is 11.2. The van der Waals surface area contributed by atoms with Gasteiger partial charge in [0.15, 0.2) is 0 Å². The molecule has 0 spiro atoms. The van der Waals surface area contributed by atoms with E-state index < -0.39 is 0 Å². The summed E-state index contributed by atoms with van der Waals surface area (Å²) in [7, 11) is 2.17. The van der Waals surface area contributed by atoms with Crippen LogP contribution in [0.3, 0.4) is 0 Å². The minimum Gasteiger partial charge on any atom is -0.449 e. The van der Waals surface area contributed by atoms with Gasteiger partial charge in [0.25, 0.3) is 0 Å². The Kier molecular flexibility index (Phi) is 5.06. The summed E-state index contributed by atoms with van der Waals surface area (Å²) >= 11 is 0. The Morgan fingerprint density at radius 3 is 3.09 bits per heavy atom. The summed E-state index contributed by atoms with van der Waals surface area (Å²) in [6.07, 6.45) is 4.95. The summed E-state index contributed by atoms with van der Waals surface area (Å²) in [4.78, 5) is 8.94. The molecule has 1 saturated heterocycles. The number of nitriles is 1. The lowest BCUT2D eigenvalue weighted by Gasteiger charge is -2.21. The second-order valence-corrected chi connectivity index (χ2v) is 6.33. The number of rotatable bonds is 6. The first kappa shape index (κ1) is 15.7. The number of likely N-dealkylation sites (tertiary alicyclic amines) is 1. The zero-order chi connectivity index (χ0) is 16.1. The number of furan rings is 1. The lowest BCUT2D eigenvalue weighted by atomic mass is 10.1. The third kappa shape index (κ3) is 4.41. The van der Waals surface area contributed by atoms with Crippen LogP contribution < -0.4 is 0 Å². The standard InChI is InChI=1S/C18H22N4O/c1-21(11-15-3-2-7-20-10-15)12-16-6-8-22(13-16)14-18-5-4-17(9-19)23-18/h2-5,7,10,16H,6,8,11-14H2,1H3/t16-/m1/s1. The molecule has 0 N–H and O–H groups in total. The number of hydrogen-bond donors (Lipinski definition) is 0. The van der Waals surface area contributed by atoms with Crippen LogP contribution in [0.15, 0.2) is 41.1 Å². The normalized spacial score (nSPS) is 18.4. The van der Waals surface area contributed by atoms with Crippen molar-refractivity contribution in [1.82, 2.24) is 14.8 Å². The van der Waals surface area contributed by atoms with Crippen LogP contribution in [0.5, 0.6) is 0 Å². The van der Waals surface area contributed by atoms with Crippen molar-refractivity contribution in [3.05, 3.63) is 53.7 Å². The SMILES string of the molecule is CN(Cc1cccnc1)C[C@H]1CCN(Cc2ccc(C#N)o2)C1. The Morgan fingerprint density at radius 1 is 1.43 bits per heavy atom. The molecule has 120 valence electrons. The van der Waals surface area contributed by atoms with Crippen LogP contribution in [0.4, 0.5) is 0 Å². The first-order valence-electron chi connectivity index (χ1n) is 8.01. The Labute approximate surface area is 137 Å². The topological polar surface area (TPSA) is 56.3 Å². The third-order valence-corrected chi connectivity index (χ3v) is 4.27. The molecule has 0 unspecified atom stereocenters. The van der Waals surface area contributed by atoms with E-state index in [-0.39, 0.29) is 0 Å². The van der Waals surface area contributed by atoms with Gasteiger partial charge < -0.3 is 9.32 Å². The molecule has 23 heavy (non-hydrogen) atoms. The van der Waals surface area contributed by atoms with Crippen molar-refractivity contribution in [1.29, 1.82) is 5.26 Å². The quantitative estimate of drug-likeness (QED) is 0.820. The Morgan fingerprint density at radius 2 is 2.35 bits per heavy atom. The van der Waals surface area contributed by atoms with E-state index in [2.05, 4.69) is 27.9 Å². The summed E-state index contributed by atoms with van der Waals surface area (Å²) in [5.74, 6) is 1.96. The van der Waals surface area contributed by atoms with Gasteiger partial charge in [-0.15, -0.1) is 0 Å². The van der Waals surface area contributed by atoms with Gasteiger partial charge in [0.05, 0.1) is 6.54 Å². The molecule has 1 fully saturated rings. The molecule has 3 rings (SSSR count). The molecule has 2 aromatic rings. The molecule has 0 amide bonds. The summed E-state index contributed by atoms with van der Waals surface area (Å²) in [5.41, 5.74) is 1.25. The van der Waals surface area contributed by atoms with E-state index in [1.807, 2.05) is 30.6 Å². The smallest absolute Gasteiger partial charge is 0.203 e. The van der Waals surface area contributed by atoms with Gasteiger partial charge in [-0.25, -0.2) is 0 Å². The van der Waals surface area contributed by atoms with E-state index in [0.29, 0.717) is 11.7 Å². The highest BCUT2D eigenvalue weighted by atomic mass is 16.3. The van der Waals surface area contributed by atoms with Gasteiger partial charge in [-0.05, 0) is 49.7 Å². The van der Waals surface area contributed by atoms with Gasteiger partial charge in [0.1, 0.15) is 11.8 Å². The predicted octanol–water partition coefficient (Wildman–Crippen LogP) is 2.50. The molecule has 3 heterocycles. The Bertz CT molecular complexity index is 661. The molecule has 2 aromatic heterocycles. The maximum absolute atomic E-state index is 8.81. The van der Waals surface area contributed by atoms with Crippen LogP contribution in [0.25, 0.3) is 0 Å². The summed E-state index contributed by atoms with van der Waals surface area (Å²) in [5, 5.41) is 8.81. The lowest BCUT2D eigenvalue weighted by molar-refractivity contribution is 0.246. The van der Waals surface area contributed by atoms with E-state index in [4.69, 9.17) is 9.68 Å². The largest absolute Gasteiger partial charge is 0.449 e. The highest BCUT2D eigenvalue weighted by Gasteiger charge is 2.24. The monoisotopic (exact) mass is 310 g/mol. The zero-order valence-electron chi connectivity index (χ0n) is 13.5. The molecule has 0 aromatic carbocycles. The molecular formula is C18H22N4O. The van der Waals surface area contributed by atoms with Gasteiger partial charge in [-0.1, -0.05) is 6.07 Å². The van der Waals surface area contributed by atoms with E-state index in [1.54, 1.807) is 6.07 Å². The maximum Gasteiger partial charge on any atom is 0.203 e. The molecule has 0 radical (unpaired) electrons. The molecule has 5 heteroatoms. The van der Waals surface area contributed by atoms with Crippen molar-refractivity contribution in [2.75, 3.05) is 26.7 Å². The fourth-order valence-corrected chi connectivity index (χ4v) is 3.26. The van der Waals surface area contributed by atoms with Crippen molar-refractivity contribution in [3.63, 3.8) is 0 Å².